The maximum Gasteiger partial charge on any atom is 0.102 e. The number of para-hydroxylation sites is 2. The largest absolute Gasteiger partial charge is 0.511 e. The highest BCUT2D eigenvalue weighted by molar-refractivity contribution is 8.76. The third-order valence-electron chi connectivity index (χ3n) is 4.60. The minimum atomic E-state index is -0.407. The number of rotatable bonds is 8. The smallest absolute Gasteiger partial charge is 0.102 e. The van der Waals surface area contributed by atoms with Crippen LogP contribution in [0.15, 0.2) is 99.9 Å². The van der Waals surface area contributed by atoms with Crippen LogP contribution in [0.1, 0.15) is 18.5 Å². The number of aliphatic hydroxyl groups is 1. The Labute approximate surface area is 214 Å². The summed E-state index contributed by atoms with van der Waals surface area (Å²) in [6.45, 7) is 4.04. The monoisotopic (exact) mass is 511 g/mol. The SMILES string of the molecule is C=C(O)[C@H](N)Cc1cnc[nH]1.NCCC1=CCC=N1.Nc1ccccc1SSc1ccccc1N. The molecule has 0 unspecified atom stereocenters. The van der Waals surface area contributed by atoms with E-state index in [1.807, 2.05) is 54.7 Å². The van der Waals surface area contributed by atoms with Crippen molar-refractivity contribution in [1.82, 2.24) is 9.97 Å². The van der Waals surface area contributed by atoms with E-state index in [4.69, 9.17) is 28.0 Å². The van der Waals surface area contributed by atoms with Gasteiger partial charge in [-0.2, -0.15) is 0 Å². The summed E-state index contributed by atoms with van der Waals surface area (Å²) in [5.41, 5.74) is 26.2. The second kappa shape index (κ2) is 15.7. The summed E-state index contributed by atoms with van der Waals surface area (Å²) in [4.78, 5) is 12.9. The first-order chi connectivity index (χ1) is 16.9. The molecule has 35 heavy (non-hydrogen) atoms. The van der Waals surface area contributed by atoms with Crippen molar-refractivity contribution in [2.75, 3.05) is 18.0 Å². The van der Waals surface area contributed by atoms with Crippen LogP contribution in [0, 0.1) is 0 Å². The van der Waals surface area contributed by atoms with Gasteiger partial charge in [-0.25, -0.2) is 4.98 Å². The molecule has 0 saturated heterocycles. The molecule has 0 amide bonds. The van der Waals surface area contributed by atoms with Gasteiger partial charge in [0.05, 0.1) is 12.4 Å². The summed E-state index contributed by atoms with van der Waals surface area (Å²) in [6.07, 6.45) is 9.71. The predicted molar refractivity (Wildman–Crippen MR) is 150 cm³/mol. The van der Waals surface area contributed by atoms with Crippen molar-refractivity contribution in [3.63, 3.8) is 0 Å². The zero-order valence-electron chi connectivity index (χ0n) is 19.5. The molecule has 2 heterocycles. The third-order valence-corrected chi connectivity index (χ3v) is 7.11. The van der Waals surface area contributed by atoms with Gasteiger partial charge in [-0.15, -0.1) is 0 Å². The van der Waals surface area contributed by atoms with E-state index in [1.54, 1.807) is 34.1 Å². The van der Waals surface area contributed by atoms with Crippen LogP contribution in [0.3, 0.4) is 0 Å². The Hall–Kier alpha value is -3.18. The summed E-state index contributed by atoms with van der Waals surface area (Å²) in [5, 5.41) is 8.87. The average molecular weight is 512 g/mol. The normalized spacial score (nSPS) is 12.6. The molecule has 8 nitrogen and oxygen atoms in total. The maximum absolute atomic E-state index is 8.87. The molecule has 0 saturated carbocycles. The van der Waals surface area contributed by atoms with Gasteiger partial charge in [-0.3, -0.25) is 4.99 Å². The number of anilines is 2. The fourth-order valence-electron chi connectivity index (χ4n) is 2.68. The molecule has 1 aromatic heterocycles. The number of H-pyrrole nitrogens is 1. The Morgan fingerprint density at radius 2 is 1.66 bits per heavy atom. The second-order valence-electron chi connectivity index (χ2n) is 7.40. The second-order valence-corrected chi connectivity index (χ2v) is 9.62. The number of aliphatic imine (C=N–C) groups is 1. The van der Waals surface area contributed by atoms with Crippen molar-refractivity contribution in [2.24, 2.45) is 16.5 Å². The number of aromatic amines is 1. The first kappa shape index (κ1) is 28.1. The van der Waals surface area contributed by atoms with Crippen molar-refractivity contribution in [3.8, 4) is 0 Å². The van der Waals surface area contributed by atoms with Gasteiger partial charge in [0.1, 0.15) is 5.76 Å². The maximum atomic E-state index is 8.87. The molecule has 2 aromatic carbocycles. The molecule has 10 heteroatoms. The summed E-state index contributed by atoms with van der Waals surface area (Å²) in [6, 6.07) is 15.2. The van der Waals surface area contributed by atoms with E-state index >= 15 is 0 Å². The Morgan fingerprint density at radius 1 is 1.06 bits per heavy atom. The van der Waals surface area contributed by atoms with Crippen LogP contribution in [0.4, 0.5) is 11.4 Å². The van der Waals surface area contributed by atoms with Crippen LogP contribution in [-0.4, -0.2) is 33.9 Å². The lowest BCUT2D eigenvalue weighted by atomic mass is 10.1. The van der Waals surface area contributed by atoms with Crippen molar-refractivity contribution in [2.45, 2.75) is 35.1 Å². The molecule has 4 rings (SSSR count). The lowest BCUT2D eigenvalue weighted by Crippen LogP contribution is -2.24. The van der Waals surface area contributed by atoms with Gasteiger partial charge in [0.15, 0.2) is 0 Å². The summed E-state index contributed by atoms with van der Waals surface area (Å²) in [5.74, 6) is -0.000370. The van der Waals surface area contributed by atoms with Crippen LogP contribution in [-0.2, 0) is 6.42 Å². The molecule has 0 spiro atoms. The van der Waals surface area contributed by atoms with Crippen molar-refractivity contribution in [3.05, 3.63) is 90.9 Å². The Bertz CT molecular complexity index is 1060. The number of nitrogens with one attached hydrogen (secondary N) is 1. The van der Waals surface area contributed by atoms with Crippen LogP contribution in [0.2, 0.25) is 0 Å². The van der Waals surface area contributed by atoms with Crippen LogP contribution >= 0.6 is 21.6 Å². The summed E-state index contributed by atoms with van der Waals surface area (Å²) in [7, 11) is 3.25. The number of aromatic nitrogens is 2. The zero-order valence-corrected chi connectivity index (χ0v) is 21.1. The highest BCUT2D eigenvalue weighted by Crippen LogP contribution is 2.41. The van der Waals surface area contributed by atoms with E-state index in [-0.39, 0.29) is 5.76 Å². The molecule has 1 atom stereocenters. The van der Waals surface area contributed by atoms with Gasteiger partial charge >= 0.3 is 0 Å². The molecule has 0 radical (unpaired) electrons. The van der Waals surface area contributed by atoms with E-state index in [9.17, 15) is 0 Å². The average Bonchev–Trinajstić information content (AvgIpc) is 3.55. The van der Waals surface area contributed by atoms with E-state index in [2.05, 4.69) is 27.6 Å². The summed E-state index contributed by atoms with van der Waals surface area (Å²) >= 11 is 0. The fraction of sp³-hybridized carbons (Fsp3) is 0.200. The van der Waals surface area contributed by atoms with E-state index < -0.39 is 6.04 Å². The molecule has 1 aliphatic rings. The number of hydrogen-bond acceptors (Lipinski definition) is 9. The predicted octanol–water partition coefficient (Wildman–Crippen LogP) is 4.70. The third kappa shape index (κ3) is 10.7. The molecular formula is C25H33N7OS2. The van der Waals surface area contributed by atoms with Crippen molar-refractivity contribution in [1.29, 1.82) is 0 Å². The quantitative estimate of drug-likeness (QED) is 0.144. The molecule has 0 aliphatic carbocycles. The minimum absolute atomic E-state index is 0.000370. The van der Waals surface area contributed by atoms with Crippen LogP contribution < -0.4 is 22.9 Å². The number of hydrogen-bond donors (Lipinski definition) is 6. The number of nitrogen functional groups attached to an aromatic ring is 2. The topological polar surface area (TPSA) is 165 Å². The van der Waals surface area contributed by atoms with Crippen LogP contribution in [0.5, 0.6) is 0 Å². The number of benzene rings is 2. The number of aliphatic hydroxyl groups excluding tert-OH is 1. The lowest BCUT2D eigenvalue weighted by Gasteiger charge is -2.06. The molecular weight excluding hydrogens is 478 g/mol. The van der Waals surface area contributed by atoms with E-state index in [0.29, 0.717) is 13.0 Å². The van der Waals surface area contributed by atoms with E-state index in [0.717, 1.165) is 45.4 Å². The number of nitrogens with two attached hydrogens (primary N) is 4. The van der Waals surface area contributed by atoms with Gasteiger partial charge in [-0.05, 0) is 30.8 Å². The van der Waals surface area contributed by atoms with Gasteiger partial charge < -0.3 is 33.0 Å². The molecule has 186 valence electrons. The zero-order chi connectivity index (χ0) is 25.5. The highest BCUT2D eigenvalue weighted by Gasteiger charge is 2.06. The van der Waals surface area contributed by atoms with E-state index in [1.165, 1.54) is 0 Å². The first-order valence-electron chi connectivity index (χ1n) is 11.0. The van der Waals surface area contributed by atoms with Crippen molar-refractivity contribution < 1.29 is 5.11 Å². The molecule has 3 aromatic rings. The Kier molecular flexibility index (Phi) is 12.6. The molecule has 1 aliphatic heterocycles. The Balaban J connectivity index is 0.000000198. The van der Waals surface area contributed by atoms with Gasteiger partial charge in [0, 0.05) is 64.2 Å². The standard InChI is InChI=1S/C12H12N2S2.C7H11N3O.C6H10N2/c13-9-5-1-3-7-11(9)15-16-12-8-4-2-6-10(12)14;1-5(11)7(8)2-6-3-9-4-10-6;7-4-3-6-2-1-5-8-6/h1-8H,13-14H2;3-4,7,11H,1-2,8H2,(H,9,10);2,5H,1,3-4,7H2/t;7-;/m.1./s1. The molecule has 10 N–H and O–H groups in total. The van der Waals surface area contributed by atoms with Gasteiger partial charge in [-0.1, -0.05) is 58.5 Å². The lowest BCUT2D eigenvalue weighted by molar-refractivity contribution is 0.368. The van der Waals surface area contributed by atoms with Crippen molar-refractivity contribution >= 4 is 39.2 Å². The molecule has 0 fully saturated rings. The van der Waals surface area contributed by atoms with Gasteiger partial charge in [0.2, 0.25) is 0 Å². The number of imidazole rings is 1. The number of allylic oxidation sites excluding steroid dienone is 1. The minimum Gasteiger partial charge on any atom is -0.511 e. The Morgan fingerprint density at radius 3 is 2.09 bits per heavy atom. The van der Waals surface area contributed by atoms with Gasteiger partial charge in [0.25, 0.3) is 0 Å². The van der Waals surface area contributed by atoms with Crippen LogP contribution in [0.25, 0.3) is 0 Å². The summed E-state index contributed by atoms with van der Waals surface area (Å²) < 4.78 is 0. The molecule has 0 bridgehead atoms. The number of nitrogens with zero attached hydrogens (tertiary/aromatic N) is 2. The highest BCUT2D eigenvalue weighted by atomic mass is 33.1. The fourth-order valence-corrected chi connectivity index (χ4v) is 4.91. The first-order valence-corrected chi connectivity index (χ1v) is 13.1.